The number of fused-ring (bicyclic) bond motifs is 1. The summed E-state index contributed by atoms with van der Waals surface area (Å²) in [6.07, 6.45) is 8.82. The van der Waals surface area contributed by atoms with Crippen LogP contribution in [-0.4, -0.2) is 29.1 Å². The molecular weight excluding hydrogens is 292 g/mol. The predicted molar refractivity (Wildman–Crippen MR) is 88.8 cm³/mol. The molecule has 6 atom stereocenters. The van der Waals surface area contributed by atoms with Crippen molar-refractivity contribution in [3.05, 3.63) is 0 Å². The van der Waals surface area contributed by atoms with E-state index in [9.17, 15) is 14.7 Å². The van der Waals surface area contributed by atoms with E-state index in [1.165, 1.54) is 12.8 Å². The number of aliphatic hydroxyl groups excluding tert-OH is 1. The Labute approximate surface area is 140 Å². The number of rotatable bonds is 3. The molecule has 1 heterocycles. The van der Waals surface area contributed by atoms with Gasteiger partial charge in [-0.15, -0.1) is 0 Å². The molecule has 1 aliphatic heterocycles. The maximum atomic E-state index is 11.1. The minimum Gasteiger partial charge on any atom is -0.462 e. The Hall–Kier alpha value is -0.900. The van der Waals surface area contributed by atoms with Crippen LogP contribution in [0.3, 0.4) is 0 Å². The largest absolute Gasteiger partial charge is 0.462 e. The summed E-state index contributed by atoms with van der Waals surface area (Å²) in [6.45, 7) is 5.55. The third-order valence-corrected chi connectivity index (χ3v) is 5.88. The van der Waals surface area contributed by atoms with Gasteiger partial charge in [0.1, 0.15) is 11.9 Å². The van der Waals surface area contributed by atoms with E-state index in [0.717, 1.165) is 38.5 Å². The van der Waals surface area contributed by atoms with Gasteiger partial charge in [0.25, 0.3) is 0 Å². The van der Waals surface area contributed by atoms with Gasteiger partial charge in [-0.2, -0.15) is 0 Å². The lowest BCUT2D eigenvalue weighted by Gasteiger charge is -2.28. The fourth-order valence-electron chi connectivity index (χ4n) is 4.16. The maximum absolute atomic E-state index is 11.1. The van der Waals surface area contributed by atoms with E-state index in [0.29, 0.717) is 11.8 Å². The third-order valence-electron chi connectivity index (χ3n) is 5.88. The first-order chi connectivity index (χ1) is 10.9. The molecule has 2 saturated carbocycles. The van der Waals surface area contributed by atoms with Gasteiger partial charge in [-0.3, -0.25) is 9.59 Å². The highest BCUT2D eigenvalue weighted by atomic mass is 16.5. The number of hydrogen-bond acceptors (Lipinski definition) is 4. The number of Topliss-reactive ketones (excluding diaryl/α,β-unsaturated/α-hetero) is 1. The molecule has 4 heteroatoms. The number of carbonyl (C=O) groups is 2. The second-order valence-electron chi connectivity index (χ2n) is 7.81. The van der Waals surface area contributed by atoms with E-state index in [1.54, 1.807) is 6.92 Å². The Morgan fingerprint density at radius 1 is 1.26 bits per heavy atom. The summed E-state index contributed by atoms with van der Waals surface area (Å²) >= 11 is 0. The van der Waals surface area contributed by atoms with Crippen molar-refractivity contribution in [2.45, 2.75) is 84.3 Å². The summed E-state index contributed by atoms with van der Waals surface area (Å²) in [4.78, 5) is 22.1. The molecule has 6 unspecified atom stereocenters. The Balaban J connectivity index is 0.000000167. The van der Waals surface area contributed by atoms with Crippen molar-refractivity contribution in [2.24, 2.45) is 23.7 Å². The SMILES string of the molecule is CC(=O)C(C)CC1CCCC1O.CC1CC2CCCC2OC1=O. The van der Waals surface area contributed by atoms with Gasteiger partial charge >= 0.3 is 5.97 Å². The maximum Gasteiger partial charge on any atom is 0.308 e. The minimum absolute atomic E-state index is 0.0214. The van der Waals surface area contributed by atoms with Crippen molar-refractivity contribution in [1.29, 1.82) is 0 Å². The first-order valence-corrected chi connectivity index (χ1v) is 9.27. The molecule has 3 aliphatic rings. The average molecular weight is 324 g/mol. The smallest absolute Gasteiger partial charge is 0.308 e. The van der Waals surface area contributed by atoms with Crippen LogP contribution in [0.1, 0.15) is 72.1 Å². The number of esters is 1. The molecule has 0 bridgehead atoms. The van der Waals surface area contributed by atoms with Crippen molar-refractivity contribution in [2.75, 3.05) is 0 Å². The normalized spacial score (nSPS) is 37.4. The van der Waals surface area contributed by atoms with Crippen LogP contribution in [0, 0.1) is 23.7 Å². The predicted octanol–water partition coefficient (Wildman–Crippen LogP) is 3.50. The van der Waals surface area contributed by atoms with Crippen molar-refractivity contribution < 1.29 is 19.4 Å². The fourth-order valence-corrected chi connectivity index (χ4v) is 4.16. The Bertz CT molecular complexity index is 420. The van der Waals surface area contributed by atoms with Crippen LogP contribution >= 0.6 is 0 Å². The van der Waals surface area contributed by atoms with Gasteiger partial charge in [0.15, 0.2) is 0 Å². The van der Waals surface area contributed by atoms with Crippen LogP contribution in [0.25, 0.3) is 0 Å². The van der Waals surface area contributed by atoms with Gasteiger partial charge in [-0.05, 0) is 63.7 Å². The summed E-state index contributed by atoms with van der Waals surface area (Å²) in [6, 6.07) is 0. The van der Waals surface area contributed by atoms with Crippen LogP contribution in [0.5, 0.6) is 0 Å². The van der Waals surface area contributed by atoms with Crippen molar-refractivity contribution in [1.82, 2.24) is 0 Å². The second-order valence-corrected chi connectivity index (χ2v) is 7.81. The van der Waals surface area contributed by atoms with Gasteiger partial charge in [0.2, 0.25) is 0 Å². The number of aliphatic hydroxyl groups is 1. The van der Waals surface area contributed by atoms with E-state index >= 15 is 0 Å². The molecule has 132 valence electrons. The van der Waals surface area contributed by atoms with E-state index in [4.69, 9.17) is 4.74 Å². The summed E-state index contributed by atoms with van der Waals surface area (Å²) < 4.78 is 5.28. The van der Waals surface area contributed by atoms with Gasteiger partial charge in [0, 0.05) is 5.92 Å². The molecule has 0 aromatic rings. The molecule has 0 aromatic carbocycles. The molecule has 0 radical (unpaired) electrons. The molecule has 1 saturated heterocycles. The van der Waals surface area contributed by atoms with Crippen LogP contribution in [-0.2, 0) is 14.3 Å². The van der Waals surface area contributed by atoms with Gasteiger partial charge < -0.3 is 9.84 Å². The lowest BCUT2D eigenvalue weighted by atomic mass is 9.90. The van der Waals surface area contributed by atoms with Gasteiger partial charge in [-0.1, -0.05) is 20.3 Å². The van der Waals surface area contributed by atoms with Crippen LogP contribution in [0.2, 0.25) is 0 Å². The first-order valence-electron chi connectivity index (χ1n) is 9.27. The highest BCUT2D eigenvalue weighted by Gasteiger charge is 2.38. The van der Waals surface area contributed by atoms with Crippen molar-refractivity contribution in [3.8, 4) is 0 Å². The highest BCUT2D eigenvalue weighted by molar-refractivity contribution is 5.77. The molecule has 3 fully saturated rings. The Kier molecular flexibility index (Phi) is 6.63. The first kappa shape index (κ1) is 18.4. The molecule has 0 aromatic heterocycles. The number of hydrogen-bond donors (Lipinski definition) is 1. The highest BCUT2D eigenvalue weighted by Crippen LogP contribution is 2.37. The zero-order valence-electron chi connectivity index (χ0n) is 14.8. The van der Waals surface area contributed by atoms with Crippen LogP contribution < -0.4 is 0 Å². The molecule has 3 rings (SSSR count). The van der Waals surface area contributed by atoms with Crippen LogP contribution in [0.15, 0.2) is 0 Å². The third kappa shape index (κ3) is 5.03. The molecule has 0 amide bonds. The minimum atomic E-state index is -0.146. The number of ketones is 1. The van der Waals surface area contributed by atoms with Crippen LogP contribution in [0.4, 0.5) is 0 Å². The van der Waals surface area contributed by atoms with Crippen molar-refractivity contribution >= 4 is 11.8 Å². The number of carbonyl (C=O) groups excluding carboxylic acids is 2. The quantitative estimate of drug-likeness (QED) is 0.807. The molecule has 4 nitrogen and oxygen atoms in total. The summed E-state index contributed by atoms with van der Waals surface area (Å²) in [5.41, 5.74) is 0. The molecule has 1 N–H and O–H groups in total. The standard InChI is InChI=1S/C10H18O2.C9H14O2/c1-7(8(2)11)6-9-4-3-5-10(9)12;1-6-5-7-3-2-4-8(7)11-9(6)10/h7,9-10,12H,3-6H2,1-2H3;6-8H,2-5H2,1H3. The molecule has 2 aliphatic carbocycles. The Morgan fingerprint density at radius 2 is 1.96 bits per heavy atom. The number of ether oxygens (including phenoxy) is 1. The lowest BCUT2D eigenvalue weighted by Crippen LogP contribution is -2.33. The second kappa shape index (κ2) is 8.27. The molecule has 23 heavy (non-hydrogen) atoms. The zero-order valence-corrected chi connectivity index (χ0v) is 14.8. The molecule has 0 spiro atoms. The Morgan fingerprint density at radius 3 is 2.57 bits per heavy atom. The van der Waals surface area contributed by atoms with E-state index in [2.05, 4.69) is 0 Å². The van der Waals surface area contributed by atoms with E-state index in [-0.39, 0.29) is 35.8 Å². The molecular formula is C19H32O4. The summed E-state index contributed by atoms with van der Waals surface area (Å²) in [5, 5.41) is 9.51. The van der Waals surface area contributed by atoms with E-state index in [1.807, 2.05) is 13.8 Å². The monoisotopic (exact) mass is 324 g/mol. The fraction of sp³-hybridized carbons (Fsp3) is 0.895. The van der Waals surface area contributed by atoms with Gasteiger partial charge in [-0.25, -0.2) is 0 Å². The zero-order chi connectivity index (χ0) is 17.0. The van der Waals surface area contributed by atoms with E-state index < -0.39 is 0 Å². The topological polar surface area (TPSA) is 63.6 Å². The average Bonchev–Trinajstić information content (AvgIpc) is 3.09. The summed E-state index contributed by atoms with van der Waals surface area (Å²) in [5.74, 6) is 1.60. The summed E-state index contributed by atoms with van der Waals surface area (Å²) in [7, 11) is 0. The lowest BCUT2D eigenvalue weighted by molar-refractivity contribution is -0.162. The van der Waals surface area contributed by atoms with Crippen molar-refractivity contribution in [3.63, 3.8) is 0 Å². The van der Waals surface area contributed by atoms with Gasteiger partial charge in [0.05, 0.1) is 12.0 Å².